The van der Waals surface area contributed by atoms with Gasteiger partial charge in [0.25, 0.3) is 0 Å². The molecule has 23 heavy (non-hydrogen) atoms. The van der Waals surface area contributed by atoms with Gasteiger partial charge < -0.3 is 19.7 Å². The SMILES string of the molecule is Cc1cc(C(C)NCC(=O)N2CCC3(CC2)OCCO3)c(C)s1. The van der Waals surface area contributed by atoms with Crippen LogP contribution in [0.15, 0.2) is 6.07 Å². The number of ether oxygens (including phenoxy) is 2. The maximum Gasteiger partial charge on any atom is 0.236 e. The first-order chi connectivity index (χ1) is 11.0. The summed E-state index contributed by atoms with van der Waals surface area (Å²) in [6, 6.07) is 2.41. The molecule has 3 rings (SSSR count). The Balaban J connectivity index is 1.47. The standard InChI is InChI=1S/C17H26N2O3S/c1-12-10-15(14(3)23-12)13(2)18-11-16(20)19-6-4-17(5-7-19)21-8-9-22-17/h10,13,18H,4-9,11H2,1-3H3. The van der Waals surface area contributed by atoms with Crippen molar-refractivity contribution in [2.45, 2.75) is 45.4 Å². The number of thiophene rings is 1. The van der Waals surface area contributed by atoms with E-state index in [9.17, 15) is 4.79 Å². The van der Waals surface area contributed by atoms with Crippen LogP contribution in [0.1, 0.15) is 41.1 Å². The van der Waals surface area contributed by atoms with Crippen LogP contribution >= 0.6 is 11.3 Å². The van der Waals surface area contributed by atoms with E-state index in [1.54, 1.807) is 0 Å². The summed E-state index contributed by atoms with van der Waals surface area (Å²) >= 11 is 1.81. The van der Waals surface area contributed by atoms with Crippen LogP contribution in [0.5, 0.6) is 0 Å². The van der Waals surface area contributed by atoms with Crippen molar-refractivity contribution in [2.24, 2.45) is 0 Å². The zero-order valence-electron chi connectivity index (χ0n) is 14.2. The summed E-state index contributed by atoms with van der Waals surface area (Å²) in [5.41, 5.74) is 1.30. The van der Waals surface area contributed by atoms with Crippen LogP contribution in [0.25, 0.3) is 0 Å². The van der Waals surface area contributed by atoms with Crippen LogP contribution < -0.4 is 5.32 Å². The monoisotopic (exact) mass is 338 g/mol. The summed E-state index contributed by atoms with van der Waals surface area (Å²) in [5, 5.41) is 3.36. The maximum absolute atomic E-state index is 12.4. The highest BCUT2D eigenvalue weighted by Gasteiger charge is 2.40. The molecule has 0 aliphatic carbocycles. The Kier molecular flexibility index (Phi) is 5.06. The van der Waals surface area contributed by atoms with E-state index in [0.717, 1.165) is 12.8 Å². The summed E-state index contributed by atoms with van der Waals surface area (Å²) < 4.78 is 11.4. The molecule has 0 bridgehead atoms. The zero-order valence-corrected chi connectivity index (χ0v) is 15.0. The molecule has 2 fully saturated rings. The Hall–Kier alpha value is -0.950. The molecule has 2 aliphatic heterocycles. The van der Waals surface area contributed by atoms with Gasteiger partial charge in [-0.15, -0.1) is 11.3 Å². The molecular weight excluding hydrogens is 312 g/mol. The molecule has 5 nitrogen and oxygen atoms in total. The van der Waals surface area contributed by atoms with Crippen molar-refractivity contribution in [1.29, 1.82) is 0 Å². The predicted molar refractivity (Wildman–Crippen MR) is 90.7 cm³/mol. The van der Waals surface area contributed by atoms with Crippen molar-refractivity contribution in [1.82, 2.24) is 10.2 Å². The number of carbonyl (C=O) groups is 1. The second kappa shape index (κ2) is 6.89. The summed E-state index contributed by atoms with van der Waals surface area (Å²) in [7, 11) is 0. The van der Waals surface area contributed by atoms with Crippen LogP contribution in [-0.4, -0.2) is 49.4 Å². The Morgan fingerprint density at radius 2 is 2.00 bits per heavy atom. The number of likely N-dealkylation sites (tertiary alicyclic amines) is 1. The highest BCUT2D eigenvalue weighted by molar-refractivity contribution is 7.12. The van der Waals surface area contributed by atoms with E-state index < -0.39 is 5.79 Å². The third-order valence-corrected chi connectivity index (χ3v) is 5.78. The van der Waals surface area contributed by atoms with E-state index in [1.165, 1.54) is 15.3 Å². The first-order valence-electron chi connectivity index (χ1n) is 8.35. The second-order valence-corrected chi connectivity index (χ2v) is 7.92. The first-order valence-corrected chi connectivity index (χ1v) is 9.17. The van der Waals surface area contributed by atoms with Gasteiger partial charge in [-0.2, -0.15) is 0 Å². The Morgan fingerprint density at radius 3 is 2.57 bits per heavy atom. The number of aryl methyl sites for hydroxylation is 2. The average Bonchev–Trinajstić information content (AvgIpc) is 3.12. The molecule has 2 saturated heterocycles. The predicted octanol–water partition coefficient (Wildman–Crippen LogP) is 2.38. The molecule has 1 N–H and O–H groups in total. The van der Waals surface area contributed by atoms with Crippen LogP contribution in [0.3, 0.4) is 0 Å². The molecule has 1 unspecified atom stereocenters. The number of hydrogen-bond donors (Lipinski definition) is 1. The van der Waals surface area contributed by atoms with Gasteiger partial charge in [0.05, 0.1) is 19.8 Å². The second-order valence-electron chi connectivity index (χ2n) is 6.46. The van der Waals surface area contributed by atoms with Crippen molar-refractivity contribution in [3.05, 3.63) is 21.4 Å². The van der Waals surface area contributed by atoms with E-state index >= 15 is 0 Å². The summed E-state index contributed by atoms with van der Waals surface area (Å²) in [6.45, 7) is 9.53. The van der Waals surface area contributed by atoms with Crippen molar-refractivity contribution in [3.63, 3.8) is 0 Å². The highest BCUT2D eigenvalue weighted by atomic mass is 32.1. The number of amides is 1. The zero-order chi connectivity index (χ0) is 16.4. The third-order valence-electron chi connectivity index (χ3n) is 4.80. The van der Waals surface area contributed by atoms with Gasteiger partial charge >= 0.3 is 0 Å². The molecule has 3 heterocycles. The lowest BCUT2D eigenvalue weighted by Crippen LogP contribution is -2.49. The van der Waals surface area contributed by atoms with Gasteiger partial charge in [0, 0.05) is 41.7 Å². The summed E-state index contributed by atoms with van der Waals surface area (Å²) in [6.07, 6.45) is 1.55. The van der Waals surface area contributed by atoms with Gasteiger partial charge in [0.15, 0.2) is 5.79 Å². The van der Waals surface area contributed by atoms with Crippen LogP contribution in [0.4, 0.5) is 0 Å². The van der Waals surface area contributed by atoms with Gasteiger partial charge in [0.1, 0.15) is 0 Å². The molecule has 1 atom stereocenters. The first kappa shape index (κ1) is 16.9. The van der Waals surface area contributed by atoms with Crippen molar-refractivity contribution in [2.75, 3.05) is 32.8 Å². The van der Waals surface area contributed by atoms with E-state index in [-0.39, 0.29) is 11.9 Å². The number of rotatable bonds is 4. The van der Waals surface area contributed by atoms with Gasteiger partial charge in [-0.3, -0.25) is 4.79 Å². The minimum Gasteiger partial charge on any atom is -0.347 e. The van der Waals surface area contributed by atoms with Crippen molar-refractivity contribution in [3.8, 4) is 0 Å². The van der Waals surface area contributed by atoms with Gasteiger partial charge in [-0.25, -0.2) is 0 Å². The molecule has 0 radical (unpaired) electrons. The Labute approximate surface area is 142 Å². The van der Waals surface area contributed by atoms with Gasteiger partial charge in [-0.1, -0.05) is 0 Å². The Morgan fingerprint density at radius 1 is 1.35 bits per heavy atom. The number of piperidine rings is 1. The molecular formula is C17H26N2O3S. The molecule has 1 spiro atoms. The minimum absolute atomic E-state index is 0.161. The molecule has 6 heteroatoms. The van der Waals surface area contributed by atoms with Crippen LogP contribution in [0, 0.1) is 13.8 Å². The summed E-state index contributed by atoms with van der Waals surface area (Å²) in [4.78, 5) is 17.0. The highest BCUT2D eigenvalue weighted by Crippen LogP contribution is 2.31. The third kappa shape index (κ3) is 3.76. The maximum atomic E-state index is 12.4. The largest absolute Gasteiger partial charge is 0.347 e. The topological polar surface area (TPSA) is 50.8 Å². The van der Waals surface area contributed by atoms with Crippen LogP contribution in [-0.2, 0) is 14.3 Å². The van der Waals surface area contributed by atoms with E-state index in [4.69, 9.17) is 9.47 Å². The lowest BCUT2D eigenvalue weighted by molar-refractivity contribution is -0.187. The normalized spacial score (nSPS) is 21.8. The fraction of sp³-hybridized carbons (Fsp3) is 0.706. The number of nitrogens with zero attached hydrogens (tertiary/aromatic N) is 1. The van der Waals surface area contributed by atoms with E-state index in [2.05, 4.69) is 32.2 Å². The van der Waals surface area contributed by atoms with Crippen molar-refractivity contribution < 1.29 is 14.3 Å². The lowest BCUT2D eigenvalue weighted by atomic mass is 10.0. The quantitative estimate of drug-likeness (QED) is 0.916. The average molecular weight is 338 g/mol. The molecule has 1 aromatic heterocycles. The number of nitrogens with one attached hydrogen (secondary N) is 1. The van der Waals surface area contributed by atoms with Crippen LogP contribution in [0.2, 0.25) is 0 Å². The molecule has 1 amide bonds. The number of hydrogen-bond acceptors (Lipinski definition) is 5. The molecule has 128 valence electrons. The van der Waals surface area contributed by atoms with Gasteiger partial charge in [-0.05, 0) is 32.4 Å². The number of carbonyl (C=O) groups excluding carboxylic acids is 1. The molecule has 1 aromatic rings. The fourth-order valence-corrected chi connectivity index (χ4v) is 4.45. The van der Waals surface area contributed by atoms with Crippen molar-refractivity contribution >= 4 is 17.2 Å². The molecule has 0 aromatic carbocycles. The fourth-order valence-electron chi connectivity index (χ4n) is 3.43. The van der Waals surface area contributed by atoms with Gasteiger partial charge in [0.2, 0.25) is 5.91 Å². The summed E-state index contributed by atoms with van der Waals surface area (Å²) in [5.74, 6) is -0.252. The molecule has 0 saturated carbocycles. The minimum atomic E-state index is -0.414. The Bertz CT molecular complexity index is 556. The van der Waals surface area contributed by atoms with E-state index in [1.807, 2.05) is 16.2 Å². The smallest absolute Gasteiger partial charge is 0.236 e. The molecule has 2 aliphatic rings. The van der Waals surface area contributed by atoms with E-state index in [0.29, 0.717) is 32.8 Å². The lowest BCUT2D eigenvalue weighted by Gasteiger charge is -2.37.